The lowest BCUT2D eigenvalue weighted by Crippen LogP contribution is -2.31. The molecule has 1 atom stereocenters. The Morgan fingerprint density at radius 1 is 1.17 bits per heavy atom. The maximum Gasteiger partial charge on any atom is 0.123 e. The Morgan fingerprint density at radius 2 is 1.89 bits per heavy atom. The van der Waals surface area contributed by atoms with Crippen molar-refractivity contribution in [2.45, 2.75) is 39.8 Å². The van der Waals surface area contributed by atoms with Crippen molar-refractivity contribution in [3.8, 4) is 0 Å². The number of rotatable bonds is 4. The molecule has 1 aromatic heterocycles. The molecule has 2 rings (SSSR count). The van der Waals surface area contributed by atoms with Crippen LogP contribution in [0.4, 0.5) is 4.39 Å². The van der Waals surface area contributed by atoms with Crippen LogP contribution in [0, 0.1) is 11.7 Å². The number of benzene rings is 1. The van der Waals surface area contributed by atoms with Crippen LogP contribution in [-0.4, -0.2) is 11.0 Å². The maximum atomic E-state index is 13.4. The minimum atomic E-state index is -0.185. The third kappa shape index (κ3) is 2.56. The quantitative estimate of drug-likeness (QED) is 0.841. The van der Waals surface area contributed by atoms with Crippen molar-refractivity contribution >= 4 is 10.9 Å². The van der Waals surface area contributed by atoms with E-state index < -0.39 is 0 Å². The number of hydrogen-bond acceptors (Lipinski definition) is 1. The second-order valence-corrected chi connectivity index (χ2v) is 5.48. The summed E-state index contributed by atoms with van der Waals surface area (Å²) in [6, 6.07) is 5.53. The predicted molar refractivity (Wildman–Crippen MR) is 74.1 cm³/mol. The molecule has 2 aromatic rings. The number of nitrogens with one attached hydrogen (secondary N) is 2. The van der Waals surface area contributed by atoms with Gasteiger partial charge in [-0.2, -0.15) is 0 Å². The van der Waals surface area contributed by atoms with Crippen LogP contribution >= 0.6 is 0 Å². The van der Waals surface area contributed by atoms with Gasteiger partial charge in [0.05, 0.1) is 0 Å². The lowest BCUT2D eigenvalue weighted by molar-refractivity contribution is 0.383. The molecule has 0 radical (unpaired) electrons. The molecule has 2 nitrogen and oxygen atoms in total. The molecule has 0 amide bonds. The molecule has 98 valence electrons. The first-order chi connectivity index (χ1) is 8.49. The summed E-state index contributed by atoms with van der Waals surface area (Å²) in [6.45, 7) is 8.62. The smallest absolute Gasteiger partial charge is 0.123 e. The Labute approximate surface area is 108 Å². The highest BCUT2D eigenvalue weighted by molar-refractivity contribution is 5.83. The molecule has 3 heteroatoms. The van der Waals surface area contributed by atoms with E-state index in [1.165, 1.54) is 6.07 Å². The Bertz CT molecular complexity index is 528. The summed E-state index contributed by atoms with van der Waals surface area (Å²) in [5.74, 6) is 0.269. The van der Waals surface area contributed by atoms with Gasteiger partial charge in [-0.05, 0) is 29.7 Å². The summed E-state index contributed by atoms with van der Waals surface area (Å²) in [7, 11) is 0. The van der Waals surface area contributed by atoms with E-state index in [-0.39, 0.29) is 11.9 Å². The molecule has 0 spiro atoms. The number of aromatic amines is 1. The Kier molecular flexibility index (Phi) is 3.71. The topological polar surface area (TPSA) is 27.8 Å². The molecule has 0 saturated carbocycles. The van der Waals surface area contributed by atoms with E-state index in [9.17, 15) is 4.39 Å². The van der Waals surface area contributed by atoms with Gasteiger partial charge in [0.1, 0.15) is 5.82 Å². The van der Waals surface area contributed by atoms with Crippen LogP contribution in [0.1, 0.15) is 39.3 Å². The highest BCUT2D eigenvalue weighted by atomic mass is 19.1. The van der Waals surface area contributed by atoms with E-state index >= 15 is 0 Å². The van der Waals surface area contributed by atoms with Gasteiger partial charge >= 0.3 is 0 Å². The van der Waals surface area contributed by atoms with E-state index in [0.29, 0.717) is 12.0 Å². The van der Waals surface area contributed by atoms with Gasteiger partial charge in [-0.3, -0.25) is 0 Å². The first-order valence-corrected chi connectivity index (χ1v) is 6.51. The van der Waals surface area contributed by atoms with E-state index in [1.807, 2.05) is 6.20 Å². The highest BCUT2D eigenvalue weighted by Crippen LogP contribution is 2.29. The van der Waals surface area contributed by atoms with Gasteiger partial charge in [0.2, 0.25) is 0 Å². The molecular formula is C15H21FN2. The molecule has 0 saturated heterocycles. The van der Waals surface area contributed by atoms with Crippen molar-refractivity contribution in [3.63, 3.8) is 0 Å². The Balaban J connectivity index is 2.46. The average Bonchev–Trinajstić information content (AvgIpc) is 2.68. The number of fused-ring (bicyclic) bond motifs is 1. The molecule has 0 bridgehead atoms. The van der Waals surface area contributed by atoms with Gasteiger partial charge in [-0.25, -0.2) is 4.39 Å². The average molecular weight is 248 g/mol. The van der Waals surface area contributed by atoms with Crippen molar-refractivity contribution in [1.29, 1.82) is 0 Å². The number of H-pyrrole nitrogens is 1. The molecule has 0 aliphatic rings. The lowest BCUT2D eigenvalue weighted by Gasteiger charge is -2.24. The molecule has 0 aliphatic carbocycles. The summed E-state index contributed by atoms with van der Waals surface area (Å²) in [5.41, 5.74) is 2.14. The molecule has 1 unspecified atom stereocenters. The first-order valence-electron chi connectivity index (χ1n) is 6.51. The molecule has 1 aromatic carbocycles. The van der Waals surface area contributed by atoms with Crippen molar-refractivity contribution in [3.05, 3.63) is 35.8 Å². The van der Waals surface area contributed by atoms with Crippen LogP contribution < -0.4 is 5.32 Å². The van der Waals surface area contributed by atoms with Crippen LogP contribution in [0.3, 0.4) is 0 Å². The largest absolute Gasteiger partial charge is 0.361 e. The van der Waals surface area contributed by atoms with Crippen LogP contribution in [0.25, 0.3) is 10.9 Å². The zero-order chi connectivity index (χ0) is 13.3. The Hall–Kier alpha value is -1.35. The van der Waals surface area contributed by atoms with Gasteiger partial charge in [0.25, 0.3) is 0 Å². The van der Waals surface area contributed by atoms with Crippen LogP contribution in [0.15, 0.2) is 24.4 Å². The molecule has 18 heavy (non-hydrogen) atoms. The van der Waals surface area contributed by atoms with Crippen molar-refractivity contribution in [1.82, 2.24) is 10.3 Å². The van der Waals surface area contributed by atoms with Crippen LogP contribution in [-0.2, 0) is 0 Å². The third-order valence-electron chi connectivity index (χ3n) is 3.19. The molecule has 2 N–H and O–H groups in total. The summed E-state index contributed by atoms with van der Waals surface area (Å²) < 4.78 is 13.4. The standard InChI is InChI=1S/C15H21FN2/c1-9(2)15(18-10(3)4)13-8-17-14-6-5-11(16)7-12(13)14/h5-10,15,17-18H,1-4H3. The Morgan fingerprint density at radius 3 is 2.50 bits per heavy atom. The predicted octanol–water partition coefficient (Wildman–Crippen LogP) is 4.00. The van der Waals surface area contributed by atoms with Gasteiger partial charge in [-0.15, -0.1) is 0 Å². The van der Waals surface area contributed by atoms with Crippen LogP contribution in [0.5, 0.6) is 0 Å². The normalized spacial score (nSPS) is 13.7. The fourth-order valence-corrected chi connectivity index (χ4v) is 2.37. The van der Waals surface area contributed by atoms with Gasteiger partial charge in [0.15, 0.2) is 0 Å². The summed E-state index contributed by atoms with van der Waals surface area (Å²) in [5, 5.41) is 4.52. The van der Waals surface area contributed by atoms with Crippen molar-refractivity contribution in [2.24, 2.45) is 5.92 Å². The molecule has 0 aliphatic heterocycles. The van der Waals surface area contributed by atoms with Crippen LogP contribution in [0.2, 0.25) is 0 Å². The zero-order valence-corrected chi connectivity index (χ0v) is 11.4. The minimum Gasteiger partial charge on any atom is -0.361 e. The van der Waals surface area contributed by atoms with E-state index in [2.05, 4.69) is 38.0 Å². The lowest BCUT2D eigenvalue weighted by atomic mass is 9.95. The van der Waals surface area contributed by atoms with E-state index in [0.717, 1.165) is 16.5 Å². The highest BCUT2D eigenvalue weighted by Gasteiger charge is 2.20. The number of aromatic nitrogens is 1. The molecule has 0 fully saturated rings. The van der Waals surface area contributed by atoms with E-state index in [4.69, 9.17) is 0 Å². The van der Waals surface area contributed by atoms with Gasteiger partial charge in [0, 0.05) is 29.2 Å². The van der Waals surface area contributed by atoms with Crippen molar-refractivity contribution in [2.75, 3.05) is 0 Å². The van der Waals surface area contributed by atoms with Crippen molar-refractivity contribution < 1.29 is 4.39 Å². The van der Waals surface area contributed by atoms with Gasteiger partial charge < -0.3 is 10.3 Å². The second kappa shape index (κ2) is 5.11. The van der Waals surface area contributed by atoms with Gasteiger partial charge in [-0.1, -0.05) is 27.7 Å². The summed E-state index contributed by atoms with van der Waals surface area (Å²) in [4.78, 5) is 3.22. The summed E-state index contributed by atoms with van der Waals surface area (Å²) in [6.07, 6.45) is 1.99. The SMILES string of the molecule is CC(C)NC(c1c[nH]c2ccc(F)cc12)C(C)C. The fourth-order valence-electron chi connectivity index (χ4n) is 2.37. The minimum absolute atomic E-state index is 0.185. The number of hydrogen-bond donors (Lipinski definition) is 2. The number of halogens is 1. The third-order valence-corrected chi connectivity index (χ3v) is 3.19. The molecule has 1 heterocycles. The second-order valence-electron chi connectivity index (χ2n) is 5.48. The maximum absolute atomic E-state index is 13.4. The molecular weight excluding hydrogens is 227 g/mol. The monoisotopic (exact) mass is 248 g/mol. The zero-order valence-electron chi connectivity index (χ0n) is 11.4. The fraction of sp³-hybridized carbons (Fsp3) is 0.467. The first kappa shape index (κ1) is 13.1. The summed E-state index contributed by atoms with van der Waals surface area (Å²) >= 11 is 0. The van der Waals surface area contributed by atoms with E-state index in [1.54, 1.807) is 12.1 Å².